The van der Waals surface area contributed by atoms with Crippen molar-refractivity contribution >= 4 is 0 Å². The molecule has 0 saturated carbocycles. The van der Waals surface area contributed by atoms with Crippen molar-refractivity contribution in [1.82, 2.24) is 0 Å². The van der Waals surface area contributed by atoms with Crippen molar-refractivity contribution in [2.45, 2.75) is 110 Å². The molecule has 0 radical (unpaired) electrons. The predicted octanol–water partition coefficient (Wildman–Crippen LogP) is 4.43. The van der Waals surface area contributed by atoms with Crippen LogP contribution in [0.1, 0.15) is 97.3 Å². The van der Waals surface area contributed by atoms with Crippen LogP contribution in [0.25, 0.3) is 0 Å². The van der Waals surface area contributed by atoms with Gasteiger partial charge in [0.15, 0.2) is 0 Å². The smallest absolute Gasteiger partial charge is 0.103 e. The molecule has 0 fully saturated rings. The highest BCUT2D eigenvalue weighted by molar-refractivity contribution is 4.75. The first-order valence-electron chi connectivity index (χ1n) is 9.64. The first kappa shape index (κ1) is 21.9. The number of rotatable bonds is 16. The molecule has 0 amide bonds. The minimum Gasteiger partial charge on any atom is -0.394 e. The number of unbranched alkanes of at least 4 members (excludes halogenated alkanes) is 9. The van der Waals surface area contributed by atoms with E-state index in [-0.39, 0.29) is 12.5 Å². The SMILES string of the molecule is CCCCCCCCCCCC(CCCC)C(O)C(O)CO. The Hall–Kier alpha value is -0.120. The fraction of sp³-hybridized carbons (Fsp3) is 1.00. The molecule has 0 aromatic rings. The van der Waals surface area contributed by atoms with Gasteiger partial charge in [-0.15, -0.1) is 0 Å². The summed E-state index contributed by atoms with van der Waals surface area (Å²) in [5.41, 5.74) is 0. The summed E-state index contributed by atoms with van der Waals surface area (Å²) < 4.78 is 0. The van der Waals surface area contributed by atoms with E-state index in [9.17, 15) is 10.2 Å². The zero-order valence-corrected chi connectivity index (χ0v) is 15.0. The molecule has 3 N–H and O–H groups in total. The molecule has 3 heteroatoms. The van der Waals surface area contributed by atoms with Crippen LogP contribution in [0.15, 0.2) is 0 Å². The van der Waals surface area contributed by atoms with Crippen LogP contribution < -0.4 is 0 Å². The molecule has 3 atom stereocenters. The Kier molecular flexibility index (Phi) is 15.7. The lowest BCUT2D eigenvalue weighted by Crippen LogP contribution is -2.36. The van der Waals surface area contributed by atoms with E-state index >= 15 is 0 Å². The Morgan fingerprint density at radius 1 is 0.636 bits per heavy atom. The molecule has 0 bridgehead atoms. The molecule has 0 aromatic carbocycles. The maximum Gasteiger partial charge on any atom is 0.103 e. The van der Waals surface area contributed by atoms with Gasteiger partial charge in [0.05, 0.1) is 12.7 Å². The third kappa shape index (κ3) is 11.4. The third-order valence-corrected chi connectivity index (χ3v) is 4.67. The van der Waals surface area contributed by atoms with Crippen LogP contribution in [0, 0.1) is 5.92 Å². The van der Waals surface area contributed by atoms with Gasteiger partial charge < -0.3 is 15.3 Å². The number of aliphatic hydroxyl groups is 3. The molecule has 0 saturated heterocycles. The summed E-state index contributed by atoms with van der Waals surface area (Å²) >= 11 is 0. The van der Waals surface area contributed by atoms with Crippen LogP contribution in [0.4, 0.5) is 0 Å². The number of hydrogen-bond acceptors (Lipinski definition) is 3. The molecule has 3 unspecified atom stereocenters. The van der Waals surface area contributed by atoms with E-state index in [0.29, 0.717) is 0 Å². The van der Waals surface area contributed by atoms with Crippen LogP contribution in [0.2, 0.25) is 0 Å². The van der Waals surface area contributed by atoms with Crippen LogP contribution in [0.5, 0.6) is 0 Å². The van der Waals surface area contributed by atoms with E-state index in [1.54, 1.807) is 0 Å². The topological polar surface area (TPSA) is 60.7 Å². The van der Waals surface area contributed by atoms with Gasteiger partial charge in [-0.3, -0.25) is 0 Å². The quantitative estimate of drug-likeness (QED) is 0.369. The van der Waals surface area contributed by atoms with Gasteiger partial charge in [-0.1, -0.05) is 84.5 Å². The van der Waals surface area contributed by atoms with Gasteiger partial charge in [-0.05, 0) is 18.8 Å². The van der Waals surface area contributed by atoms with E-state index < -0.39 is 12.2 Å². The predicted molar refractivity (Wildman–Crippen MR) is 94.0 cm³/mol. The molecule has 0 aliphatic heterocycles. The molecule has 0 heterocycles. The lowest BCUT2D eigenvalue weighted by molar-refractivity contribution is -0.0475. The zero-order valence-electron chi connectivity index (χ0n) is 15.0. The van der Waals surface area contributed by atoms with Crippen LogP contribution in [-0.4, -0.2) is 34.1 Å². The molecular formula is C19H40O3. The zero-order chi connectivity index (χ0) is 16.6. The van der Waals surface area contributed by atoms with Crippen LogP contribution in [-0.2, 0) is 0 Å². The van der Waals surface area contributed by atoms with E-state index in [4.69, 9.17) is 5.11 Å². The van der Waals surface area contributed by atoms with E-state index in [1.807, 2.05) is 0 Å². The normalized spacial score (nSPS) is 15.7. The van der Waals surface area contributed by atoms with Crippen molar-refractivity contribution in [3.63, 3.8) is 0 Å². The fourth-order valence-corrected chi connectivity index (χ4v) is 3.09. The molecule has 3 nitrogen and oxygen atoms in total. The van der Waals surface area contributed by atoms with Crippen molar-refractivity contribution in [3.8, 4) is 0 Å². The number of hydrogen-bond donors (Lipinski definition) is 3. The van der Waals surface area contributed by atoms with E-state index in [2.05, 4.69) is 13.8 Å². The maximum atomic E-state index is 10.1. The second kappa shape index (κ2) is 15.8. The summed E-state index contributed by atoms with van der Waals surface area (Å²) in [5.74, 6) is 0.131. The molecule has 0 spiro atoms. The van der Waals surface area contributed by atoms with Crippen molar-refractivity contribution in [1.29, 1.82) is 0 Å². The molecule has 0 aromatic heterocycles. The van der Waals surface area contributed by atoms with Crippen LogP contribution >= 0.6 is 0 Å². The lowest BCUT2D eigenvalue weighted by atomic mass is 9.87. The van der Waals surface area contributed by atoms with Crippen molar-refractivity contribution in [2.24, 2.45) is 5.92 Å². The highest BCUT2D eigenvalue weighted by Gasteiger charge is 2.24. The summed E-state index contributed by atoms with van der Waals surface area (Å²) in [6.45, 7) is 4.04. The highest BCUT2D eigenvalue weighted by Crippen LogP contribution is 2.23. The van der Waals surface area contributed by atoms with Gasteiger partial charge >= 0.3 is 0 Å². The monoisotopic (exact) mass is 316 g/mol. The maximum absolute atomic E-state index is 10.1. The molecule has 0 aliphatic carbocycles. The van der Waals surface area contributed by atoms with Crippen LogP contribution in [0.3, 0.4) is 0 Å². The second-order valence-electron chi connectivity index (χ2n) is 6.76. The van der Waals surface area contributed by atoms with Gasteiger partial charge in [0, 0.05) is 0 Å². The summed E-state index contributed by atoms with van der Waals surface area (Å²) in [6.07, 6.45) is 14.1. The Bertz CT molecular complexity index is 221. The van der Waals surface area contributed by atoms with E-state index in [0.717, 1.165) is 32.1 Å². The first-order valence-corrected chi connectivity index (χ1v) is 9.64. The molecule has 22 heavy (non-hydrogen) atoms. The van der Waals surface area contributed by atoms with Crippen molar-refractivity contribution < 1.29 is 15.3 Å². The van der Waals surface area contributed by atoms with Gasteiger partial charge in [0.2, 0.25) is 0 Å². The Morgan fingerprint density at radius 2 is 1.09 bits per heavy atom. The Labute approximate surface area is 138 Å². The average molecular weight is 317 g/mol. The summed E-state index contributed by atoms with van der Waals surface area (Å²) in [7, 11) is 0. The minimum absolute atomic E-state index is 0.131. The fourth-order valence-electron chi connectivity index (χ4n) is 3.09. The highest BCUT2D eigenvalue weighted by atomic mass is 16.4. The third-order valence-electron chi connectivity index (χ3n) is 4.67. The Balaban J connectivity index is 3.75. The average Bonchev–Trinajstić information content (AvgIpc) is 2.54. The van der Waals surface area contributed by atoms with Crippen molar-refractivity contribution in [2.75, 3.05) is 6.61 Å². The second-order valence-corrected chi connectivity index (χ2v) is 6.76. The number of aliphatic hydroxyl groups excluding tert-OH is 3. The summed E-state index contributed by atoms with van der Waals surface area (Å²) in [4.78, 5) is 0. The molecular weight excluding hydrogens is 276 g/mol. The first-order chi connectivity index (χ1) is 10.7. The van der Waals surface area contributed by atoms with Gasteiger partial charge in [-0.25, -0.2) is 0 Å². The largest absolute Gasteiger partial charge is 0.394 e. The molecule has 134 valence electrons. The van der Waals surface area contributed by atoms with Gasteiger partial charge in [0.25, 0.3) is 0 Å². The summed E-state index contributed by atoms with van der Waals surface area (Å²) in [5, 5.41) is 28.8. The minimum atomic E-state index is -0.986. The molecule has 0 rings (SSSR count). The van der Waals surface area contributed by atoms with Gasteiger partial charge in [0.1, 0.15) is 6.10 Å². The standard InChI is InChI=1S/C19H40O3/c1-3-5-7-8-9-10-11-12-13-15-17(14-6-4-2)19(22)18(21)16-20/h17-22H,3-16H2,1-2H3. The van der Waals surface area contributed by atoms with E-state index in [1.165, 1.54) is 51.4 Å². The van der Waals surface area contributed by atoms with Crippen molar-refractivity contribution in [3.05, 3.63) is 0 Å². The lowest BCUT2D eigenvalue weighted by Gasteiger charge is -2.26. The molecule has 0 aliphatic rings. The van der Waals surface area contributed by atoms with Gasteiger partial charge in [-0.2, -0.15) is 0 Å². The summed E-state index contributed by atoms with van der Waals surface area (Å²) in [6, 6.07) is 0. The Morgan fingerprint density at radius 3 is 1.59 bits per heavy atom.